The third-order valence-electron chi connectivity index (χ3n) is 3.13. The summed E-state index contributed by atoms with van der Waals surface area (Å²) in [6.07, 6.45) is 3.43. The lowest BCUT2D eigenvalue weighted by atomic mass is 10.0. The van der Waals surface area contributed by atoms with E-state index < -0.39 is 5.60 Å². The summed E-state index contributed by atoms with van der Waals surface area (Å²) in [5, 5.41) is 12.7. The number of hydrogen-bond donors (Lipinski definition) is 3. The second-order valence-corrected chi connectivity index (χ2v) is 4.54. The molecule has 0 radical (unpaired) electrons. The standard InChI is InChI=1S/C12H16N2O3/c15-10-5-3-4-9(14-10)11(16)13-8-12(17)6-1-2-7-12/h3-5,17H,1-2,6-8H2,(H,13,16)(H,14,15). The van der Waals surface area contributed by atoms with Crippen LogP contribution in [-0.4, -0.2) is 28.1 Å². The second kappa shape index (κ2) is 4.71. The van der Waals surface area contributed by atoms with Gasteiger partial charge in [-0.3, -0.25) is 9.59 Å². The van der Waals surface area contributed by atoms with Crippen LogP contribution in [0.5, 0.6) is 0 Å². The second-order valence-electron chi connectivity index (χ2n) is 4.54. The summed E-state index contributed by atoms with van der Waals surface area (Å²) in [5.74, 6) is -0.358. The zero-order valence-corrected chi connectivity index (χ0v) is 9.53. The van der Waals surface area contributed by atoms with Crippen LogP contribution < -0.4 is 10.9 Å². The van der Waals surface area contributed by atoms with Crippen LogP contribution in [0.15, 0.2) is 23.0 Å². The first-order chi connectivity index (χ1) is 8.09. The largest absolute Gasteiger partial charge is 0.388 e. The van der Waals surface area contributed by atoms with Gasteiger partial charge < -0.3 is 15.4 Å². The van der Waals surface area contributed by atoms with Crippen LogP contribution in [0.1, 0.15) is 36.2 Å². The normalized spacial score (nSPS) is 17.9. The average molecular weight is 236 g/mol. The van der Waals surface area contributed by atoms with Crippen molar-refractivity contribution in [3.8, 4) is 0 Å². The summed E-state index contributed by atoms with van der Waals surface area (Å²) in [6.45, 7) is 0.239. The number of rotatable bonds is 3. The Bertz CT molecular complexity index is 461. The van der Waals surface area contributed by atoms with Crippen molar-refractivity contribution in [2.24, 2.45) is 0 Å². The number of H-pyrrole nitrogens is 1. The van der Waals surface area contributed by atoms with Gasteiger partial charge in [0, 0.05) is 12.6 Å². The Labute approximate surface area is 98.9 Å². The van der Waals surface area contributed by atoms with E-state index in [9.17, 15) is 14.7 Å². The molecule has 0 spiro atoms. The van der Waals surface area contributed by atoms with Crippen molar-refractivity contribution in [2.45, 2.75) is 31.3 Å². The number of nitrogens with one attached hydrogen (secondary N) is 2. The van der Waals surface area contributed by atoms with Crippen molar-refractivity contribution in [2.75, 3.05) is 6.54 Å². The average Bonchev–Trinajstić information content (AvgIpc) is 2.74. The highest BCUT2D eigenvalue weighted by Gasteiger charge is 2.31. The number of aromatic amines is 1. The fraction of sp³-hybridized carbons (Fsp3) is 0.500. The molecule has 1 aromatic heterocycles. The van der Waals surface area contributed by atoms with Crippen molar-refractivity contribution >= 4 is 5.91 Å². The Kier molecular flexibility index (Phi) is 3.28. The lowest BCUT2D eigenvalue weighted by Crippen LogP contribution is -2.41. The molecule has 2 rings (SSSR count). The molecule has 1 heterocycles. The first-order valence-electron chi connectivity index (χ1n) is 5.79. The molecular formula is C12H16N2O3. The van der Waals surface area contributed by atoms with Gasteiger partial charge in [-0.05, 0) is 18.9 Å². The van der Waals surface area contributed by atoms with Crippen molar-refractivity contribution in [1.82, 2.24) is 10.3 Å². The van der Waals surface area contributed by atoms with Gasteiger partial charge in [0.05, 0.1) is 5.60 Å². The molecule has 1 fully saturated rings. The Morgan fingerprint density at radius 3 is 2.76 bits per heavy atom. The lowest BCUT2D eigenvalue weighted by Gasteiger charge is -2.22. The number of carbonyl (C=O) groups excluding carboxylic acids is 1. The Morgan fingerprint density at radius 2 is 2.12 bits per heavy atom. The molecule has 17 heavy (non-hydrogen) atoms. The maximum atomic E-state index is 11.7. The minimum absolute atomic E-state index is 0.221. The molecule has 0 saturated heterocycles. The molecule has 5 heteroatoms. The maximum Gasteiger partial charge on any atom is 0.267 e. The van der Waals surface area contributed by atoms with Gasteiger partial charge in [0.25, 0.3) is 5.91 Å². The van der Waals surface area contributed by atoms with E-state index in [1.165, 1.54) is 18.2 Å². The van der Waals surface area contributed by atoms with Gasteiger partial charge in [-0.1, -0.05) is 18.9 Å². The SMILES string of the molecule is O=C(NCC1(O)CCCC1)c1cccc(=O)[nH]1. The van der Waals surface area contributed by atoms with Gasteiger partial charge in [-0.15, -0.1) is 0 Å². The van der Waals surface area contributed by atoms with E-state index in [4.69, 9.17) is 0 Å². The monoisotopic (exact) mass is 236 g/mol. The molecule has 3 N–H and O–H groups in total. The third-order valence-corrected chi connectivity index (χ3v) is 3.13. The van der Waals surface area contributed by atoms with Crippen LogP contribution >= 0.6 is 0 Å². The van der Waals surface area contributed by atoms with Gasteiger partial charge in [0.15, 0.2) is 0 Å². The summed E-state index contributed by atoms with van der Waals surface area (Å²) in [4.78, 5) is 25.2. The molecule has 0 atom stereocenters. The lowest BCUT2D eigenvalue weighted by molar-refractivity contribution is 0.0448. The Hall–Kier alpha value is -1.62. The van der Waals surface area contributed by atoms with Crippen molar-refractivity contribution in [3.05, 3.63) is 34.2 Å². The highest BCUT2D eigenvalue weighted by atomic mass is 16.3. The molecule has 1 aliphatic rings. The predicted octanol–water partition coefficient (Wildman–Crippen LogP) is 0.410. The topological polar surface area (TPSA) is 82.2 Å². The fourth-order valence-corrected chi connectivity index (χ4v) is 2.13. The molecule has 0 bridgehead atoms. The van der Waals surface area contributed by atoms with Crippen molar-refractivity contribution in [3.63, 3.8) is 0 Å². The van der Waals surface area contributed by atoms with E-state index in [1.807, 2.05) is 0 Å². The number of hydrogen-bond acceptors (Lipinski definition) is 3. The Balaban J connectivity index is 1.95. The molecule has 1 aliphatic carbocycles. The molecule has 0 aliphatic heterocycles. The van der Waals surface area contributed by atoms with Gasteiger partial charge >= 0.3 is 0 Å². The number of carbonyl (C=O) groups is 1. The number of pyridine rings is 1. The molecular weight excluding hydrogens is 220 g/mol. The molecule has 92 valence electrons. The van der Waals surface area contributed by atoms with Crippen LogP contribution in [0.2, 0.25) is 0 Å². The molecule has 0 unspecified atom stereocenters. The first kappa shape index (κ1) is 11.9. The Morgan fingerprint density at radius 1 is 1.41 bits per heavy atom. The van der Waals surface area contributed by atoms with E-state index in [-0.39, 0.29) is 23.7 Å². The predicted molar refractivity (Wildman–Crippen MR) is 62.8 cm³/mol. The van der Waals surface area contributed by atoms with E-state index in [0.717, 1.165) is 25.7 Å². The number of amides is 1. The first-order valence-corrected chi connectivity index (χ1v) is 5.79. The summed E-state index contributed by atoms with van der Waals surface area (Å²) < 4.78 is 0. The van der Waals surface area contributed by atoms with Crippen LogP contribution in [0.25, 0.3) is 0 Å². The van der Waals surface area contributed by atoms with Gasteiger partial charge in [-0.2, -0.15) is 0 Å². The minimum atomic E-state index is -0.773. The number of aromatic nitrogens is 1. The minimum Gasteiger partial charge on any atom is -0.388 e. The van der Waals surface area contributed by atoms with Gasteiger partial charge in [-0.25, -0.2) is 0 Å². The maximum absolute atomic E-state index is 11.7. The molecule has 5 nitrogen and oxygen atoms in total. The summed E-state index contributed by atoms with van der Waals surface area (Å²) >= 11 is 0. The summed E-state index contributed by atoms with van der Waals surface area (Å²) in [5.41, 5.74) is -0.860. The van der Waals surface area contributed by atoms with Gasteiger partial charge in [0.2, 0.25) is 5.56 Å². The highest BCUT2D eigenvalue weighted by Crippen LogP contribution is 2.28. The van der Waals surface area contributed by atoms with Gasteiger partial charge in [0.1, 0.15) is 5.69 Å². The zero-order valence-electron chi connectivity index (χ0n) is 9.53. The van der Waals surface area contributed by atoms with E-state index in [2.05, 4.69) is 10.3 Å². The quantitative estimate of drug-likeness (QED) is 0.711. The van der Waals surface area contributed by atoms with Crippen LogP contribution in [0.4, 0.5) is 0 Å². The van der Waals surface area contributed by atoms with Crippen molar-refractivity contribution < 1.29 is 9.90 Å². The molecule has 1 saturated carbocycles. The van der Waals surface area contributed by atoms with Crippen LogP contribution in [0, 0.1) is 0 Å². The molecule has 1 amide bonds. The molecule has 0 aromatic carbocycles. The van der Waals surface area contributed by atoms with E-state index in [0.29, 0.717) is 0 Å². The number of aliphatic hydroxyl groups is 1. The van der Waals surface area contributed by atoms with E-state index in [1.54, 1.807) is 0 Å². The fourth-order valence-electron chi connectivity index (χ4n) is 2.13. The highest BCUT2D eigenvalue weighted by molar-refractivity contribution is 5.92. The van der Waals surface area contributed by atoms with E-state index >= 15 is 0 Å². The molecule has 1 aromatic rings. The summed E-state index contributed by atoms with van der Waals surface area (Å²) in [7, 11) is 0. The summed E-state index contributed by atoms with van der Waals surface area (Å²) in [6, 6.07) is 4.41. The van der Waals surface area contributed by atoms with Crippen LogP contribution in [0.3, 0.4) is 0 Å². The van der Waals surface area contributed by atoms with Crippen LogP contribution in [-0.2, 0) is 0 Å². The van der Waals surface area contributed by atoms with Crippen molar-refractivity contribution in [1.29, 1.82) is 0 Å². The third kappa shape index (κ3) is 2.94. The zero-order chi connectivity index (χ0) is 12.3. The smallest absolute Gasteiger partial charge is 0.267 e.